The number of esters is 1. The van der Waals surface area contributed by atoms with Gasteiger partial charge in [0.05, 0.1) is 30.4 Å². The molecule has 0 unspecified atom stereocenters. The van der Waals surface area contributed by atoms with E-state index in [1.165, 1.54) is 13.2 Å². The smallest absolute Gasteiger partial charge is 0.345 e. The number of nitro benzene ring substituents is 1. The lowest BCUT2D eigenvalue weighted by Crippen LogP contribution is -2.10. The Morgan fingerprint density at radius 1 is 1.29 bits per heavy atom. The molecule has 0 saturated carbocycles. The van der Waals surface area contributed by atoms with Crippen molar-refractivity contribution in [3.8, 4) is 11.5 Å². The predicted octanol–water partition coefficient (Wildman–Crippen LogP) is 2.75. The maximum Gasteiger partial charge on any atom is 0.345 e. The van der Waals surface area contributed by atoms with E-state index in [1.807, 2.05) is 0 Å². The van der Waals surface area contributed by atoms with Crippen LogP contribution in [0, 0.1) is 10.1 Å². The molecule has 0 spiro atoms. The van der Waals surface area contributed by atoms with Gasteiger partial charge in [-0.3, -0.25) is 15.1 Å². The number of nitro groups is 1. The summed E-state index contributed by atoms with van der Waals surface area (Å²) in [6.45, 7) is 1.98. The second-order valence-electron chi connectivity index (χ2n) is 4.61. The highest BCUT2D eigenvalue weighted by Gasteiger charge is 2.26. The van der Waals surface area contributed by atoms with Gasteiger partial charge in [-0.15, -0.1) is 0 Å². The number of hydrogen-bond donors (Lipinski definition) is 0. The van der Waals surface area contributed by atoms with E-state index < -0.39 is 16.6 Å². The maximum atomic E-state index is 12.2. The molecule has 2 rings (SSSR count). The molecule has 0 aliphatic rings. The molecular formula is C16H16N2O6. The second kappa shape index (κ2) is 7.91. The first-order chi connectivity index (χ1) is 11.6. The summed E-state index contributed by atoms with van der Waals surface area (Å²) in [5.74, 6) is -0.434. The van der Waals surface area contributed by atoms with E-state index in [0.717, 1.165) is 6.07 Å². The zero-order chi connectivity index (χ0) is 17.5. The van der Waals surface area contributed by atoms with Crippen molar-refractivity contribution >= 4 is 11.7 Å². The average molecular weight is 332 g/mol. The van der Waals surface area contributed by atoms with Crippen LogP contribution in [0.4, 0.5) is 5.69 Å². The summed E-state index contributed by atoms with van der Waals surface area (Å²) in [7, 11) is 1.36. The van der Waals surface area contributed by atoms with Crippen molar-refractivity contribution in [2.24, 2.45) is 0 Å². The number of ether oxygens (including phenoxy) is 3. The highest BCUT2D eigenvalue weighted by Crippen LogP contribution is 2.35. The van der Waals surface area contributed by atoms with Crippen LogP contribution in [-0.4, -0.2) is 29.6 Å². The van der Waals surface area contributed by atoms with Gasteiger partial charge in [-0.25, -0.2) is 4.79 Å². The standard InChI is InChI=1S/C16H16N2O6/c1-3-23-15-8-12(13(18(20)21)9-14(15)22-2)16(19)24-10-11-6-4-5-7-17-11/h4-9H,3,10H2,1-2H3. The van der Waals surface area contributed by atoms with E-state index in [-0.39, 0.29) is 23.7 Å². The van der Waals surface area contributed by atoms with Crippen LogP contribution < -0.4 is 9.47 Å². The zero-order valence-corrected chi connectivity index (χ0v) is 13.2. The minimum Gasteiger partial charge on any atom is -0.493 e. The van der Waals surface area contributed by atoms with Gasteiger partial charge < -0.3 is 14.2 Å². The van der Waals surface area contributed by atoms with Gasteiger partial charge in [0, 0.05) is 12.3 Å². The Bertz CT molecular complexity index is 733. The number of pyridine rings is 1. The van der Waals surface area contributed by atoms with Crippen LogP contribution in [0.1, 0.15) is 23.0 Å². The van der Waals surface area contributed by atoms with Crippen LogP contribution in [0.25, 0.3) is 0 Å². The van der Waals surface area contributed by atoms with Crippen molar-refractivity contribution in [2.45, 2.75) is 13.5 Å². The molecular weight excluding hydrogens is 316 g/mol. The minimum absolute atomic E-state index is 0.0905. The molecule has 0 fully saturated rings. The number of carbonyl (C=O) groups excluding carboxylic acids is 1. The van der Waals surface area contributed by atoms with Gasteiger partial charge >= 0.3 is 5.97 Å². The molecule has 0 radical (unpaired) electrons. The quantitative estimate of drug-likeness (QED) is 0.436. The first-order valence-corrected chi connectivity index (χ1v) is 7.13. The van der Waals surface area contributed by atoms with Gasteiger partial charge in [0.25, 0.3) is 5.69 Å². The Labute approximate surface area is 138 Å². The van der Waals surface area contributed by atoms with Crippen LogP contribution in [0.3, 0.4) is 0 Å². The lowest BCUT2D eigenvalue weighted by atomic mass is 10.1. The van der Waals surface area contributed by atoms with Gasteiger partial charge in [0.1, 0.15) is 12.2 Å². The number of rotatable bonds is 7. The van der Waals surface area contributed by atoms with Crippen molar-refractivity contribution in [1.29, 1.82) is 0 Å². The molecule has 0 atom stereocenters. The maximum absolute atomic E-state index is 12.2. The number of nitrogens with zero attached hydrogens (tertiary/aromatic N) is 2. The van der Waals surface area contributed by atoms with E-state index in [1.54, 1.807) is 31.3 Å². The monoisotopic (exact) mass is 332 g/mol. The summed E-state index contributed by atoms with van der Waals surface area (Å²) < 4.78 is 15.5. The van der Waals surface area contributed by atoms with Crippen LogP contribution >= 0.6 is 0 Å². The summed E-state index contributed by atoms with van der Waals surface area (Å²) in [5.41, 5.74) is -0.0893. The SMILES string of the molecule is CCOc1cc(C(=O)OCc2ccccn2)c([N+](=O)[O-])cc1OC. The van der Waals surface area contributed by atoms with E-state index in [4.69, 9.17) is 14.2 Å². The van der Waals surface area contributed by atoms with Gasteiger partial charge in [-0.2, -0.15) is 0 Å². The van der Waals surface area contributed by atoms with Gasteiger partial charge in [0.15, 0.2) is 11.5 Å². The van der Waals surface area contributed by atoms with Gasteiger partial charge in [-0.1, -0.05) is 6.07 Å². The number of hydrogen-bond acceptors (Lipinski definition) is 7. The molecule has 1 heterocycles. The number of methoxy groups -OCH3 is 1. The Hall–Kier alpha value is -3.16. The third kappa shape index (κ3) is 3.97. The van der Waals surface area contributed by atoms with E-state index in [9.17, 15) is 14.9 Å². The minimum atomic E-state index is -0.837. The Kier molecular flexibility index (Phi) is 5.67. The normalized spacial score (nSPS) is 10.1. The van der Waals surface area contributed by atoms with Crippen molar-refractivity contribution in [3.05, 3.63) is 57.9 Å². The van der Waals surface area contributed by atoms with Crippen LogP contribution in [0.2, 0.25) is 0 Å². The van der Waals surface area contributed by atoms with E-state index >= 15 is 0 Å². The first kappa shape index (κ1) is 17.2. The average Bonchev–Trinajstić information content (AvgIpc) is 2.60. The molecule has 8 heteroatoms. The molecule has 1 aromatic carbocycles. The predicted molar refractivity (Wildman–Crippen MR) is 84.2 cm³/mol. The third-order valence-corrected chi connectivity index (χ3v) is 3.08. The zero-order valence-electron chi connectivity index (χ0n) is 13.2. The molecule has 2 aromatic rings. The number of aromatic nitrogens is 1. The molecule has 0 aliphatic heterocycles. The first-order valence-electron chi connectivity index (χ1n) is 7.13. The van der Waals surface area contributed by atoms with Crippen molar-refractivity contribution in [1.82, 2.24) is 4.98 Å². The molecule has 0 N–H and O–H groups in total. The van der Waals surface area contributed by atoms with Crippen molar-refractivity contribution in [2.75, 3.05) is 13.7 Å². The lowest BCUT2D eigenvalue weighted by molar-refractivity contribution is -0.385. The summed E-state index contributed by atoms with van der Waals surface area (Å²) in [4.78, 5) is 26.8. The fourth-order valence-corrected chi connectivity index (χ4v) is 1.99. The van der Waals surface area contributed by atoms with E-state index in [2.05, 4.69) is 4.98 Å². The topological polar surface area (TPSA) is 101 Å². The Balaban J connectivity index is 2.30. The number of carbonyl (C=O) groups is 1. The largest absolute Gasteiger partial charge is 0.493 e. The Morgan fingerprint density at radius 3 is 2.67 bits per heavy atom. The molecule has 8 nitrogen and oxygen atoms in total. The van der Waals surface area contributed by atoms with E-state index in [0.29, 0.717) is 12.3 Å². The third-order valence-electron chi connectivity index (χ3n) is 3.08. The molecule has 0 amide bonds. The fraction of sp³-hybridized carbons (Fsp3) is 0.250. The molecule has 24 heavy (non-hydrogen) atoms. The fourth-order valence-electron chi connectivity index (χ4n) is 1.99. The lowest BCUT2D eigenvalue weighted by Gasteiger charge is -2.11. The molecule has 0 bridgehead atoms. The summed E-state index contributed by atoms with van der Waals surface area (Å²) in [6.07, 6.45) is 1.56. The summed E-state index contributed by atoms with van der Waals surface area (Å²) in [5, 5.41) is 11.2. The van der Waals surface area contributed by atoms with Gasteiger partial charge in [-0.05, 0) is 19.1 Å². The summed E-state index contributed by atoms with van der Waals surface area (Å²) in [6, 6.07) is 7.55. The summed E-state index contributed by atoms with van der Waals surface area (Å²) >= 11 is 0. The number of benzene rings is 1. The highest BCUT2D eigenvalue weighted by molar-refractivity contribution is 5.95. The Morgan fingerprint density at radius 2 is 2.08 bits per heavy atom. The molecule has 0 saturated heterocycles. The van der Waals surface area contributed by atoms with Gasteiger partial charge in [0.2, 0.25) is 0 Å². The highest BCUT2D eigenvalue weighted by atomic mass is 16.6. The van der Waals surface area contributed by atoms with Crippen LogP contribution in [0.5, 0.6) is 11.5 Å². The van der Waals surface area contributed by atoms with Crippen LogP contribution in [-0.2, 0) is 11.3 Å². The molecule has 126 valence electrons. The van der Waals surface area contributed by atoms with Crippen molar-refractivity contribution in [3.63, 3.8) is 0 Å². The molecule has 1 aromatic heterocycles. The van der Waals surface area contributed by atoms with Crippen LogP contribution in [0.15, 0.2) is 36.5 Å². The molecule has 0 aliphatic carbocycles. The van der Waals surface area contributed by atoms with Crippen molar-refractivity contribution < 1.29 is 23.9 Å². The second-order valence-corrected chi connectivity index (χ2v) is 4.61.